The molecule has 0 unspecified atom stereocenters. The van der Waals surface area contributed by atoms with Crippen molar-refractivity contribution in [2.45, 2.75) is 4.34 Å². The molecule has 2 rings (SSSR count). The van der Waals surface area contributed by atoms with E-state index >= 15 is 0 Å². The molecule has 0 spiro atoms. The minimum atomic E-state index is 0.0835. The highest BCUT2D eigenvalue weighted by atomic mass is 127. The van der Waals surface area contributed by atoms with E-state index in [9.17, 15) is 4.79 Å². The van der Waals surface area contributed by atoms with Gasteiger partial charge in [-0.2, -0.15) is 0 Å². The van der Waals surface area contributed by atoms with Crippen LogP contribution >= 0.6 is 45.7 Å². The SMILES string of the molecule is Nc1nnc(SCC(=O)c2ccc(I)cc2)s1. The summed E-state index contributed by atoms with van der Waals surface area (Å²) in [6.07, 6.45) is 0. The van der Waals surface area contributed by atoms with Crippen LogP contribution in [0.4, 0.5) is 5.13 Å². The molecule has 0 saturated carbocycles. The maximum absolute atomic E-state index is 11.8. The van der Waals surface area contributed by atoms with Gasteiger partial charge in [0.25, 0.3) is 0 Å². The first-order valence-electron chi connectivity index (χ1n) is 4.65. The quantitative estimate of drug-likeness (QED) is 0.504. The van der Waals surface area contributed by atoms with Gasteiger partial charge in [-0.15, -0.1) is 10.2 Å². The summed E-state index contributed by atoms with van der Waals surface area (Å²) in [5.41, 5.74) is 6.18. The summed E-state index contributed by atoms with van der Waals surface area (Å²) in [6.45, 7) is 0. The highest BCUT2D eigenvalue weighted by Crippen LogP contribution is 2.24. The normalized spacial score (nSPS) is 10.4. The van der Waals surface area contributed by atoms with Crippen LogP contribution in [0.5, 0.6) is 0 Å². The summed E-state index contributed by atoms with van der Waals surface area (Å²) >= 11 is 4.86. The fraction of sp³-hybridized carbons (Fsp3) is 0.100. The van der Waals surface area contributed by atoms with E-state index in [0.717, 1.165) is 13.5 Å². The van der Waals surface area contributed by atoms with E-state index in [2.05, 4.69) is 32.8 Å². The first-order valence-corrected chi connectivity index (χ1v) is 7.54. The van der Waals surface area contributed by atoms with Gasteiger partial charge in [-0.3, -0.25) is 4.79 Å². The number of nitrogens with zero attached hydrogens (tertiary/aromatic N) is 2. The first kappa shape index (κ1) is 12.8. The van der Waals surface area contributed by atoms with Crippen molar-refractivity contribution in [1.29, 1.82) is 0 Å². The molecular weight excluding hydrogens is 369 g/mol. The molecule has 0 fully saturated rings. The molecule has 0 atom stereocenters. The summed E-state index contributed by atoms with van der Waals surface area (Å²) in [6, 6.07) is 7.50. The average Bonchev–Trinajstić information content (AvgIpc) is 2.73. The predicted octanol–water partition coefficient (Wildman–Crippen LogP) is 2.70. The molecule has 0 aliphatic rings. The Morgan fingerprint density at radius 2 is 2.06 bits per heavy atom. The zero-order valence-electron chi connectivity index (χ0n) is 8.59. The van der Waals surface area contributed by atoms with Crippen LogP contribution < -0.4 is 5.73 Å². The standard InChI is InChI=1S/C10H8IN3OS2/c11-7-3-1-6(2-4-7)8(15)5-16-10-14-13-9(12)17-10/h1-4H,5H2,(H2,12,13). The number of benzene rings is 1. The molecule has 1 aromatic carbocycles. The molecule has 1 heterocycles. The molecule has 0 aliphatic heterocycles. The molecular formula is C10H8IN3OS2. The number of nitrogens with two attached hydrogens (primary N) is 1. The number of hydrogen-bond donors (Lipinski definition) is 1. The molecule has 0 amide bonds. The number of nitrogen functional groups attached to an aromatic ring is 1. The molecule has 2 N–H and O–H groups in total. The van der Waals surface area contributed by atoms with Crippen molar-refractivity contribution in [1.82, 2.24) is 10.2 Å². The lowest BCUT2D eigenvalue weighted by atomic mass is 10.2. The molecule has 4 nitrogen and oxygen atoms in total. The van der Waals surface area contributed by atoms with E-state index in [0.29, 0.717) is 10.9 Å². The number of carbonyl (C=O) groups is 1. The summed E-state index contributed by atoms with van der Waals surface area (Å²) in [5.74, 6) is 0.440. The Kier molecular flexibility index (Phi) is 4.35. The average molecular weight is 377 g/mol. The van der Waals surface area contributed by atoms with Gasteiger partial charge < -0.3 is 5.73 Å². The topological polar surface area (TPSA) is 68.9 Å². The van der Waals surface area contributed by atoms with Gasteiger partial charge in [-0.05, 0) is 34.7 Å². The lowest BCUT2D eigenvalue weighted by molar-refractivity contribution is 0.102. The second-order valence-electron chi connectivity index (χ2n) is 3.12. The van der Waals surface area contributed by atoms with Gasteiger partial charge >= 0.3 is 0 Å². The number of rotatable bonds is 4. The van der Waals surface area contributed by atoms with Gasteiger partial charge in [-0.25, -0.2) is 0 Å². The largest absolute Gasteiger partial charge is 0.374 e. The Morgan fingerprint density at radius 1 is 1.35 bits per heavy atom. The third-order valence-electron chi connectivity index (χ3n) is 1.92. The van der Waals surface area contributed by atoms with E-state index in [1.54, 1.807) is 0 Å². The lowest BCUT2D eigenvalue weighted by Gasteiger charge is -1.99. The molecule has 1 aromatic heterocycles. The van der Waals surface area contributed by atoms with Crippen LogP contribution in [0.2, 0.25) is 0 Å². The highest BCUT2D eigenvalue weighted by Gasteiger charge is 2.08. The number of ketones is 1. The van der Waals surface area contributed by atoms with Crippen molar-refractivity contribution in [3.63, 3.8) is 0 Å². The van der Waals surface area contributed by atoms with Crippen molar-refractivity contribution >= 4 is 56.6 Å². The van der Waals surface area contributed by atoms with Crippen LogP contribution in [0.1, 0.15) is 10.4 Å². The van der Waals surface area contributed by atoms with Gasteiger partial charge in [0.2, 0.25) is 5.13 Å². The molecule has 0 radical (unpaired) electrons. The van der Waals surface area contributed by atoms with E-state index < -0.39 is 0 Å². The number of aromatic nitrogens is 2. The zero-order valence-corrected chi connectivity index (χ0v) is 12.4. The van der Waals surface area contributed by atoms with Crippen LogP contribution in [-0.2, 0) is 0 Å². The Hall–Kier alpha value is -0.670. The maximum Gasteiger partial charge on any atom is 0.203 e. The van der Waals surface area contributed by atoms with E-state index in [4.69, 9.17) is 5.73 Å². The molecule has 17 heavy (non-hydrogen) atoms. The number of Topliss-reactive ketones (excluding diaryl/α,β-unsaturated/α-hetero) is 1. The Bertz CT molecular complexity index is 527. The highest BCUT2D eigenvalue weighted by molar-refractivity contribution is 14.1. The Labute approximate surface area is 120 Å². The van der Waals surface area contributed by atoms with Crippen molar-refractivity contribution in [2.24, 2.45) is 0 Å². The van der Waals surface area contributed by atoms with Crippen molar-refractivity contribution < 1.29 is 4.79 Å². The predicted molar refractivity (Wildman–Crippen MR) is 78.5 cm³/mol. The summed E-state index contributed by atoms with van der Waals surface area (Å²) in [4.78, 5) is 11.8. The number of thioether (sulfide) groups is 1. The maximum atomic E-state index is 11.8. The van der Waals surface area contributed by atoms with Gasteiger partial charge in [0.15, 0.2) is 10.1 Å². The van der Waals surface area contributed by atoms with Crippen LogP contribution in [0.3, 0.4) is 0 Å². The Balaban J connectivity index is 1.95. The molecule has 0 saturated heterocycles. The van der Waals surface area contributed by atoms with E-state index in [1.165, 1.54) is 23.1 Å². The van der Waals surface area contributed by atoms with E-state index in [1.807, 2.05) is 24.3 Å². The summed E-state index contributed by atoms with van der Waals surface area (Å²) < 4.78 is 1.84. The number of carbonyl (C=O) groups excluding carboxylic acids is 1. The minimum absolute atomic E-state index is 0.0835. The Morgan fingerprint density at radius 3 is 2.65 bits per heavy atom. The third-order valence-corrected chi connectivity index (χ3v) is 4.52. The fourth-order valence-corrected chi connectivity index (χ4v) is 3.02. The van der Waals surface area contributed by atoms with Crippen LogP contribution in [-0.4, -0.2) is 21.7 Å². The summed E-state index contributed by atoms with van der Waals surface area (Å²) in [7, 11) is 0. The second-order valence-corrected chi connectivity index (χ2v) is 6.60. The smallest absolute Gasteiger partial charge is 0.203 e. The van der Waals surface area contributed by atoms with Gasteiger partial charge in [0, 0.05) is 9.13 Å². The van der Waals surface area contributed by atoms with Crippen LogP contribution in [0, 0.1) is 3.57 Å². The second kappa shape index (κ2) is 5.78. The monoisotopic (exact) mass is 377 g/mol. The van der Waals surface area contributed by atoms with Crippen LogP contribution in [0.25, 0.3) is 0 Å². The van der Waals surface area contributed by atoms with Crippen molar-refractivity contribution in [3.05, 3.63) is 33.4 Å². The van der Waals surface area contributed by atoms with Gasteiger partial charge in [0.05, 0.1) is 5.75 Å². The number of anilines is 1. The van der Waals surface area contributed by atoms with Gasteiger partial charge in [-0.1, -0.05) is 35.2 Å². The number of halogens is 1. The van der Waals surface area contributed by atoms with E-state index in [-0.39, 0.29) is 5.78 Å². The lowest BCUT2D eigenvalue weighted by Crippen LogP contribution is -2.01. The molecule has 0 bridgehead atoms. The molecule has 0 aliphatic carbocycles. The molecule has 7 heteroatoms. The fourth-order valence-electron chi connectivity index (χ4n) is 1.13. The summed E-state index contributed by atoms with van der Waals surface area (Å²) in [5, 5.41) is 7.97. The first-order chi connectivity index (χ1) is 8.15. The van der Waals surface area contributed by atoms with Crippen molar-refractivity contribution in [3.8, 4) is 0 Å². The molecule has 88 valence electrons. The minimum Gasteiger partial charge on any atom is -0.374 e. The van der Waals surface area contributed by atoms with Crippen LogP contribution in [0.15, 0.2) is 28.6 Å². The third kappa shape index (κ3) is 3.65. The number of hydrogen-bond acceptors (Lipinski definition) is 6. The molecule has 2 aromatic rings. The van der Waals surface area contributed by atoms with Crippen molar-refractivity contribution in [2.75, 3.05) is 11.5 Å². The van der Waals surface area contributed by atoms with Gasteiger partial charge in [0.1, 0.15) is 0 Å². The zero-order chi connectivity index (χ0) is 12.3.